The summed E-state index contributed by atoms with van der Waals surface area (Å²) in [6.07, 6.45) is 0.918. The van der Waals surface area contributed by atoms with Crippen LogP contribution in [0.15, 0.2) is 29.2 Å². The monoisotopic (exact) mass is 282 g/mol. The van der Waals surface area contributed by atoms with E-state index in [-0.39, 0.29) is 11.3 Å². The SMILES string of the molecule is CCOCCCNS(=O)(=O)c1ccc(CC#N)cc1. The van der Waals surface area contributed by atoms with Gasteiger partial charge in [-0.15, -0.1) is 0 Å². The normalized spacial score (nSPS) is 11.2. The summed E-state index contributed by atoms with van der Waals surface area (Å²) in [4.78, 5) is 0.214. The number of nitrogens with zero attached hydrogens (tertiary/aromatic N) is 1. The van der Waals surface area contributed by atoms with Gasteiger partial charge in [-0.25, -0.2) is 13.1 Å². The van der Waals surface area contributed by atoms with Crippen molar-refractivity contribution in [3.63, 3.8) is 0 Å². The quantitative estimate of drug-likeness (QED) is 0.732. The van der Waals surface area contributed by atoms with Crippen molar-refractivity contribution in [1.29, 1.82) is 5.26 Å². The molecular formula is C13H18N2O3S. The average Bonchev–Trinajstić information content (AvgIpc) is 2.39. The van der Waals surface area contributed by atoms with Gasteiger partial charge >= 0.3 is 0 Å². The van der Waals surface area contributed by atoms with Crippen molar-refractivity contribution in [1.82, 2.24) is 4.72 Å². The molecule has 104 valence electrons. The van der Waals surface area contributed by atoms with Crippen molar-refractivity contribution in [3.05, 3.63) is 29.8 Å². The molecule has 0 aliphatic carbocycles. The number of hydrogen-bond donors (Lipinski definition) is 1. The van der Waals surface area contributed by atoms with Crippen LogP contribution < -0.4 is 4.72 Å². The molecule has 0 unspecified atom stereocenters. The third-order valence-electron chi connectivity index (χ3n) is 2.48. The number of nitrogens with one attached hydrogen (secondary N) is 1. The molecule has 0 saturated heterocycles. The largest absolute Gasteiger partial charge is 0.382 e. The fourth-order valence-corrected chi connectivity index (χ4v) is 2.56. The number of benzene rings is 1. The van der Waals surface area contributed by atoms with E-state index in [1.165, 1.54) is 12.1 Å². The molecule has 5 nitrogen and oxygen atoms in total. The molecule has 6 heteroatoms. The molecule has 0 fully saturated rings. The van der Waals surface area contributed by atoms with Gasteiger partial charge in [0.05, 0.1) is 17.4 Å². The molecule has 1 aromatic rings. The lowest BCUT2D eigenvalue weighted by atomic mass is 10.2. The van der Waals surface area contributed by atoms with Gasteiger partial charge in [0.2, 0.25) is 10.0 Å². The zero-order valence-electron chi connectivity index (χ0n) is 10.9. The number of hydrogen-bond acceptors (Lipinski definition) is 4. The molecule has 0 bridgehead atoms. The van der Waals surface area contributed by atoms with E-state index < -0.39 is 10.0 Å². The summed E-state index contributed by atoms with van der Waals surface area (Å²) in [5.74, 6) is 0. The zero-order valence-corrected chi connectivity index (χ0v) is 11.7. The van der Waals surface area contributed by atoms with E-state index in [2.05, 4.69) is 4.72 Å². The van der Waals surface area contributed by atoms with Gasteiger partial charge in [-0.1, -0.05) is 12.1 Å². The highest BCUT2D eigenvalue weighted by molar-refractivity contribution is 7.89. The van der Waals surface area contributed by atoms with E-state index >= 15 is 0 Å². The van der Waals surface area contributed by atoms with E-state index in [4.69, 9.17) is 10.00 Å². The van der Waals surface area contributed by atoms with Gasteiger partial charge < -0.3 is 4.74 Å². The Labute approximate surface area is 114 Å². The summed E-state index contributed by atoms with van der Waals surface area (Å²) < 4.78 is 31.5. The Balaban J connectivity index is 2.55. The van der Waals surface area contributed by atoms with Crippen molar-refractivity contribution in [2.45, 2.75) is 24.7 Å². The Kier molecular flexibility index (Phi) is 6.50. The van der Waals surface area contributed by atoms with Crippen molar-refractivity contribution in [2.24, 2.45) is 0 Å². The Hall–Kier alpha value is -1.42. The molecule has 0 radical (unpaired) electrons. The molecular weight excluding hydrogens is 264 g/mol. The minimum Gasteiger partial charge on any atom is -0.382 e. The molecule has 0 amide bonds. The summed E-state index contributed by atoms with van der Waals surface area (Å²) in [6, 6.07) is 8.34. The highest BCUT2D eigenvalue weighted by Crippen LogP contribution is 2.10. The molecule has 0 atom stereocenters. The number of sulfonamides is 1. The topological polar surface area (TPSA) is 79.2 Å². The zero-order chi connectivity index (χ0) is 14.1. The fourth-order valence-electron chi connectivity index (χ4n) is 1.49. The van der Waals surface area contributed by atoms with Crippen LogP contribution in [-0.4, -0.2) is 28.2 Å². The number of nitriles is 1. The lowest BCUT2D eigenvalue weighted by molar-refractivity contribution is 0.146. The maximum Gasteiger partial charge on any atom is 0.240 e. The van der Waals surface area contributed by atoms with Crippen LogP contribution in [0.2, 0.25) is 0 Å². The van der Waals surface area contributed by atoms with Crippen LogP contribution in [0.25, 0.3) is 0 Å². The van der Waals surface area contributed by atoms with Crippen molar-refractivity contribution >= 4 is 10.0 Å². The maximum atomic E-state index is 11.9. The molecule has 0 aliphatic heterocycles. The van der Waals surface area contributed by atoms with Gasteiger partial charge in [0.1, 0.15) is 0 Å². The Morgan fingerprint density at radius 2 is 2.00 bits per heavy atom. The van der Waals surface area contributed by atoms with Crippen LogP contribution in [0.5, 0.6) is 0 Å². The van der Waals surface area contributed by atoms with Gasteiger partial charge in [-0.2, -0.15) is 5.26 Å². The van der Waals surface area contributed by atoms with Crippen molar-refractivity contribution < 1.29 is 13.2 Å². The van der Waals surface area contributed by atoms with E-state index in [0.717, 1.165) is 5.56 Å². The summed E-state index contributed by atoms with van der Waals surface area (Å²) in [7, 11) is -3.47. The maximum absolute atomic E-state index is 11.9. The molecule has 0 saturated carbocycles. The second kappa shape index (κ2) is 7.89. The first-order valence-corrected chi connectivity index (χ1v) is 7.61. The van der Waals surface area contributed by atoms with E-state index in [9.17, 15) is 8.42 Å². The van der Waals surface area contributed by atoms with E-state index in [0.29, 0.717) is 26.2 Å². The van der Waals surface area contributed by atoms with Crippen molar-refractivity contribution in [2.75, 3.05) is 19.8 Å². The highest BCUT2D eigenvalue weighted by Gasteiger charge is 2.12. The first kappa shape index (κ1) is 15.6. The predicted molar refractivity (Wildman–Crippen MR) is 72.1 cm³/mol. The van der Waals surface area contributed by atoms with Crippen LogP contribution in [0, 0.1) is 11.3 Å². The first-order valence-electron chi connectivity index (χ1n) is 6.13. The molecule has 1 N–H and O–H groups in total. The third-order valence-corrected chi connectivity index (χ3v) is 3.96. The highest BCUT2D eigenvalue weighted by atomic mass is 32.2. The second-order valence-electron chi connectivity index (χ2n) is 3.93. The summed E-state index contributed by atoms with van der Waals surface area (Å²) in [5, 5.41) is 8.54. The van der Waals surface area contributed by atoms with E-state index in [1.807, 2.05) is 13.0 Å². The first-order chi connectivity index (χ1) is 9.10. The van der Waals surface area contributed by atoms with Crippen LogP contribution in [0.4, 0.5) is 0 Å². The number of ether oxygens (including phenoxy) is 1. The fraction of sp³-hybridized carbons (Fsp3) is 0.462. The van der Waals surface area contributed by atoms with Crippen LogP contribution >= 0.6 is 0 Å². The molecule has 0 aromatic heterocycles. The van der Waals surface area contributed by atoms with Gasteiger partial charge in [-0.3, -0.25) is 0 Å². The lowest BCUT2D eigenvalue weighted by Gasteiger charge is -2.07. The van der Waals surface area contributed by atoms with Crippen LogP contribution in [-0.2, 0) is 21.2 Å². The minimum absolute atomic E-state index is 0.214. The Morgan fingerprint density at radius 1 is 1.32 bits per heavy atom. The Morgan fingerprint density at radius 3 is 2.58 bits per heavy atom. The van der Waals surface area contributed by atoms with Crippen LogP contribution in [0.3, 0.4) is 0 Å². The third kappa shape index (κ3) is 5.39. The van der Waals surface area contributed by atoms with Gasteiger partial charge in [0, 0.05) is 19.8 Å². The second-order valence-corrected chi connectivity index (χ2v) is 5.69. The summed E-state index contributed by atoms with van der Waals surface area (Å²) in [5.41, 5.74) is 0.804. The predicted octanol–water partition coefficient (Wildman–Crippen LogP) is 1.46. The van der Waals surface area contributed by atoms with Crippen LogP contribution in [0.1, 0.15) is 18.9 Å². The summed E-state index contributed by atoms with van der Waals surface area (Å²) >= 11 is 0. The number of rotatable bonds is 8. The van der Waals surface area contributed by atoms with Gasteiger partial charge in [0.25, 0.3) is 0 Å². The lowest BCUT2D eigenvalue weighted by Crippen LogP contribution is -2.25. The average molecular weight is 282 g/mol. The van der Waals surface area contributed by atoms with Crippen molar-refractivity contribution in [3.8, 4) is 6.07 Å². The van der Waals surface area contributed by atoms with Gasteiger partial charge in [0.15, 0.2) is 0 Å². The standard InChI is InChI=1S/C13H18N2O3S/c1-2-18-11-3-10-15-19(16,17)13-6-4-12(5-7-13)8-9-14/h4-7,15H,2-3,8,10-11H2,1H3. The van der Waals surface area contributed by atoms with E-state index in [1.54, 1.807) is 12.1 Å². The molecule has 1 rings (SSSR count). The Bertz CT molecular complexity index is 518. The smallest absolute Gasteiger partial charge is 0.240 e. The molecule has 19 heavy (non-hydrogen) atoms. The minimum atomic E-state index is -3.47. The molecule has 0 aliphatic rings. The van der Waals surface area contributed by atoms with Gasteiger partial charge in [-0.05, 0) is 31.0 Å². The molecule has 1 aromatic carbocycles. The molecule has 0 heterocycles. The summed E-state index contributed by atoms with van der Waals surface area (Å²) in [6.45, 7) is 3.42. The molecule has 0 spiro atoms.